The summed E-state index contributed by atoms with van der Waals surface area (Å²) in [4.78, 5) is 9.97. The molecule has 0 fully saturated rings. The lowest BCUT2D eigenvalue weighted by Crippen LogP contribution is -2.09. The molecule has 2 aromatic rings. The molecule has 1 N–H and O–H groups in total. The van der Waals surface area contributed by atoms with Crippen LogP contribution in [-0.4, -0.2) is 13.5 Å². The minimum atomic E-state index is 0.563. The van der Waals surface area contributed by atoms with Crippen molar-refractivity contribution >= 4 is 6.41 Å². The number of aryl methyl sites for hydroxylation is 2. The van der Waals surface area contributed by atoms with Crippen molar-refractivity contribution in [2.24, 2.45) is 0 Å². The van der Waals surface area contributed by atoms with Crippen LogP contribution in [0.25, 0.3) is 0 Å². The van der Waals surface area contributed by atoms with Crippen LogP contribution in [0.2, 0.25) is 0 Å². The molecule has 2 rings (SSSR count). The van der Waals surface area contributed by atoms with Crippen LogP contribution in [0.3, 0.4) is 0 Å². The number of methoxy groups -OCH3 is 1. The highest BCUT2D eigenvalue weighted by molar-refractivity contribution is 5.46. The molecule has 0 aliphatic heterocycles. The Morgan fingerprint density at radius 1 is 1.00 bits per heavy atom. The number of hydrogen-bond acceptors (Lipinski definition) is 2. The van der Waals surface area contributed by atoms with Gasteiger partial charge in [-0.3, -0.25) is 4.79 Å². The van der Waals surface area contributed by atoms with E-state index in [0.29, 0.717) is 13.0 Å². The summed E-state index contributed by atoms with van der Waals surface area (Å²) in [6, 6.07) is 15.9. The quantitative estimate of drug-likeness (QED) is 0.867. The van der Waals surface area contributed by atoms with Crippen molar-refractivity contribution in [1.29, 1.82) is 0 Å². The average molecular weight is 271 g/mol. The molecule has 0 atom stereocenters. The summed E-state index contributed by atoms with van der Waals surface area (Å²) in [6.07, 6.45) is 0.685. The van der Waals surface area contributed by atoms with Crippen molar-refractivity contribution in [2.75, 3.05) is 7.11 Å². The zero-order valence-electron chi connectivity index (χ0n) is 12.2. The summed E-state index contributed by atoms with van der Waals surface area (Å²) in [6.45, 7) is 4.80. The number of ether oxygens (including phenoxy) is 1. The molecule has 3 heteroatoms. The van der Waals surface area contributed by atoms with Crippen molar-refractivity contribution < 1.29 is 9.53 Å². The molecule has 3 nitrogen and oxygen atoms in total. The van der Waals surface area contributed by atoms with Gasteiger partial charge in [0.2, 0.25) is 6.41 Å². The van der Waals surface area contributed by atoms with E-state index >= 15 is 0 Å². The van der Waals surface area contributed by atoms with E-state index in [2.05, 4.69) is 43.4 Å². The summed E-state index contributed by atoms with van der Waals surface area (Å²) in [5.74, 6) is 0.824. The predicted octanol–water partition coefficient (Wildman–Crippen LogP) is 3.24. The highest BCUT2D eigenvalue weighted by atomic mass is 16.5. The van der Waals surface area contributed by atoms with Crippen LogP contribution >= 0.6 is 0 Å². The average Bonchev–Trinajstić information content (AvgIpc) is 2.49. The maximum Gasteiger partial charge on any atom is 0.207 e. The Kier molecular flexibility index (Phi) is 6.90. The van der Waals surface area contributed by atoms with E-state index in [-0.39, 0.29) is 0 Å². The number of nitrogens with one attached hydrogen (secondary N) is 1. The van der Waals surface area contributed by atoms with Gasteiger partial charge >= 0.3 is 0 Å². The monoisotopic (exact) mass is 271 g/mol. The van der Waals surface area contributed by atoms with Gasteiger partial charge in [0, 0.05) is 6.54 Å². The van der Waals surface area contributed by atoms with E-state index in [9.17, 15) is 4.79 Å². The fourth-order valence-corrected chi connectivity index (χ4v) is 1.57. The molecular formula is C17H21NO2. The minimum Gasteiger partial charge on any atom is -0.497 e. The third-order valence-electron chi connectivity index (χ3n) is 2.97. The van der Waals surface area contributed by atoms with Crippen molar-refractivity contribution in [1.82, 2.24) is 5.32 Å². The number of hydrogen-bond donors (Lipinski definition) is 1. The molecule has 0 radical (unpaired) electrons. The van der Waals surface area contributed by atoms with E-state index in [1.54, 1.807) is 7.11 Å². The lowest BCUT2D eigenvalue weighted by molar-refractivity contribution is -0.109. The maximum atomic E-state index is 9.97. The largest absolute Gasteiger partial charge is 0.497 e. The summed E-state index contributed by atoms with van der Waals surface area (Å²) in [5, 5.41) is 2.58. The first-order valence-electron chi connectivity index (χ1n) is 6.49. The van der Waals surface area contributed by atoms with E-state index in [0.717, 1.165) is 11.3 Å². The zero-order valence-corrected chi connectivity index (χ0v) is 12.2. The molecule has 0 spiro atoms. The number of carbonyl (C=O) groups is 1. The zero-order chi connectivity index (χ0) is 14.8. The van der Waals surface area contributed by atoms with Gasteiger partial charge in [-0.15, -0.1) is 0 Å². The van der Waals surface area contributed by atoms with Crippen molar-refractivity contribution in [2.45, 2.75) is 20.4 Å². The van der Waals surface area contributed by atoms with Crippen LogP contribution in [0.5, 0.6) is 5.75 Å². The highest BCUT2D eigenvalue weighted by Crippen LogP contribution is 2.10. The Morgan fingerprint density at radius 2 is 1.55 bits per heavy atom. The highest BCUT2D eigenvalue weighted by Gasteiger charge is 1.92. The first kappa shape index (κ1) is 15.8. The maximum absolute atomic E-state index is 9.97. The molecule has 0 unspecified atom stereocenters. The Labute approximate surface area is 120 Å². The molecule has 2 aromatic carbocycles. The van der Waals surface area contributed by atoms with Gasteiger partial charge in [0.25, 0.3) is 0 Å². The normalized spacial score (nSPS) is 9.15. The third kappa shape index (κ3) is 5.57. The molecule has 20 heavy (non-hydrogen) atoms. The van der Waals surface area contributed by atoms with Crippen LogP contribution < -0.4 is 10.1 Å². The predicted molar refractivity (Wildman–Crippen MR) is 81.8 cm³/mol. The van der Waals surface area contributed by atoms with E-state index in [4.69, 9.17) is 4.74 Å². The molecular weight excluding hydrogens is 250 g/mol. The van der Waals surface area contributed by atoms with Gasteiger partial charge in [-0.25, -0.2) is 0 Å². The van der Waals surface area contributed by atoms with Crippen LogP contribution in [0.1, 0.15) is 16.7 Å². The smallest absolute Gasteiger partial charge is 0.207 e. The molecule has 0 bridgehead atoms. The second-order valence-electron chi connectivity index (χ2n) is 4.43. The molecule has 1 amide bonds. The van der Waals surface area contributed by atoms with Gasteiger partial charge in [-0.05, 0) is 42.7 Å². The Morgan fingerprint density at radius 3 is 1.95 bits per heavy atom. The first-order valence-corrected chi connectivity index (χ1v) is 6.49. The van der Waals surface area contributed by atoms with E-state index in [1.165, 1.54) is 11.1 Å². The second kappa shape index (κ2) is 8.75. The summed E-state index contributed by atoms with van der Waals surface area (Å²) >= 11 is 0. The fraction of sp³-hybridized carbons (Fsp3) is 0.235. The van der Waals surface area contributed by atoms with E-state index < -0.39 is 0 Å². The van der Waals surface area contributed by atoms with Crippen LogP contribution in [0, 0.1) is 13.8 Å². The lowest BCUT2D eigenvalue weighted by Gasteiger charge is -2.01. The number of benzene rings is 2. The molecule has 0 saturated carbocycles. The van der Waals surface area contributed by atoms with Gasteiger partial charge in [-0.1, -0.05) is 36.4 Å². The number of rotatable bonds is 4. The van der Waals surface area contributed by atoms with Crippen LogP contribution in [0.4, 0.5) is 0 Å². The van der Waals surface area contributed by atoms with Gasteiger partial charge < -0.3 is 10.1 Å². The molecule has 0 aliphatic carbocycles. The van der Waals surface area contributed by atoms with Crippen molar-refractivity contribution in [3.05, 3.63) is 65.2 Å². The van der Waals surface area contributed by atoms with Crippen molar-refractivity contribution in [3.8, 4) is 5.75 Å². The topological polar surface area (TPSA) is 38.3 Å². The van der Waals surface area contributed by atoms with Gasteiger partial charge in [0.1, 0.15) is 5.75 Å². The summed E-state index contributed by atoms with van der Waals surface area (Å²) < 4.78 is 4.98. The Bertz CT molecular complexity index is 500. The molecule has 106 valence electrons. The molecule has 0 saturated heterocycles. The molecule has 0 aliphatic rings. The van der Waals surface area contributed by atoms with Crippen LogP contribution in [0.15, 0.2) is 48.5 Å². The van der Waals surface area contributed by atoms with Crippen LogP contribution in [-0.2, 0) is 11.3 Å². The second-order valence-corrected chi connectivity index (χ2v) is 4.43. The number of amides is 1. The Hall–Kier alpha value is -2.29. The Balaban J connectivity index is 0.000000217. The SMILES string of the molecule is COc1ccc(CNC=O)cc1.Cc1ccccc1C. The first-order chi connectivity index (χ1) is 9.67. The van der Waals surface area contributed by atoms with Gasteiger partial charge in [0.15, 0.2) is 0 Å². The number of carbonyl (C=O) groups excluding carboxylic acids is 1. The lowest BCUT2D eigenvalue weighted by atomic mass is 10.1. The standard InChI is InChI=1S/C9H11NO2.C8H10/c1-12-9-4-2-8(3-5-9)6-10-7-11;1-7-5-3-4-6-8(7)2/h2-5,7H,6H2,1H3,(H,10,11);3-6H,1-2H3. The van der Waals surface area contributed by atoms with Gasteiger partial charge in [-0.2, -0.15) is 0 Å². The summed E-state index contributed by atoms with van der Waals surface area (Å²) in [7, 11) is 1.62. The third-order valence-corrected chi connectivity index (χ3v) is 2.97. The fourth-order valence-electron chi connectivity index (χ4n) is 1.57. The molecule has 0 aromatic heterocycles. The molecule has 0 heterocycles. The minimum absolute atomic E-state index is 0.563. The summed E-state index contributed by atoms with van der Waals surface area (Å²) in [5.41, 5.74) is 3.79. The van der Waals surface area contributed by atoms with E-state index in [1.807, 2.05) is 24.3 Å². The van der Waals surface area contributed by atoms with Crippen molar-refractivity contribution in [3.63, 3.8) is 0 Å². The van der Waals surface area contributed by atoms with Gasteiger partial charge in [0.05, 0.1) is 7.11 Å².